The lowest BCUT2D eigenvalue weighted by Gasteiger charge is -2.15. The molecule has 0 heterocycles. The van der Waals surface area contributed by atoms with Gasteiger partial charge in [0.1, 0.15) is 17.3 Å². The molecule has 0 aromatic heterocycles. The summed E-state index contributed by atoms with van der Waals surface area (Å²) in [5.41, 5.74) is 2.02. The number of aliphatic hydroxyl groups is 1. The van der Waals surface area contributed by atoms with Gasteiger partial charge in [0.15, 0.2) is 0 Å². The monoisotopic (exact) mass is 260 g/mol. The summed E-state index contributed by atoms with van der Waals surface area (Å²) in [7, 11) is 0. The fraction of sp³-hybridized carbons (Fsp3) is 0.250. The van der Waals surface area contributed by atoms with Crippen LogP contribution in [-0.2, 0) is 0 Å². The molecule has 19 heavy (non-hydrogen) atoms. The average Bonchev–Trinajstić information content (AvgIpc) is 2.33. The molecule has 0 saturated carbocycles. The molecule has 2 nitrogen and oxygen atoms in total. The van der Waals surface area contributed by atoms with Crippen molar-refractivity contribution in [2.75, 3.05) is 0 Å². The summed E-state index contributed by atoms with van der Waals surface area (Å²) in [6.45, 7) is 5.23. The standard InChI is InChI=1S/C16H17FO2/c1-10-5-4-6-13(7-10)19-16-8-11(2)15(17)9-14(16)12(3)18/h4-9,12,18H,1-3H3/t12-/m1/s1. The summed E-state index contributed by atoms with van der Waals surface area (Å²) in [6, 6.07) is 10.5. The smallest absolute Gasteiger partial charge is 0.133 e. The van der Waals surface area contributed by atoms with Gasteiger partial charge in [-0.15, -0.1) is 0 Å². The van der Waals surface area contributed by atoms with Crippen LogP contribution in [0.1, 0.15) is 29.7 Å². The van der Waals surface area contributed by atoms with E-state index in [2.05, 4.69) is 0 Å². The molecule has 1 N–H and O–H groups in total. The predicted octanol–water partition coefficient (Wildman–Crippen LogP) is 4.29. The SMILES string of the molecule is Cc1cccc(Oc2cc(C)c(F)cc2[C@@H](C)O)c1. The Morgan fingerprint density at radius 3 is 2.53 bits per heavy atom. The molecule has 0 aliphatic carbocycles. The minimum absolute atomic E-state index is 0.340. The Morgan fingerprint density at radius 1 is 1.16 bits per heavy atom. The summed E-state index contributed by atoms with van der Waals surface area (Å²) in [4.78, 5) is 0. The number of benzene rings is 2. The Hall–Kier alpha value is -1.87. The number of rotatable bonds is 3. The fourth-order valence-corrected chi connectivity index (χ4v) is 1.89. The second kappa shape index (κ2) is 5.41. The van der Waals surface area contributed by atoms with Gasteiger partial charge in [0.05, 0.1) is 6.10 Å². The molecule has 2 rings (SSSR count). The second-order valence-electron chi connectivity index (χ2n) is 4.73. The lowest BCUT2D eigenvalue weighted by molar-refractivity contribution is 0.195. The zero-order chi connectivity index (χ0) is 14.0. The van der Waals surface area contributed by atoms with Crippen LogP contribution in [0.25, 0.3) is 0 Å². The summed E-state index contributed by atoms with van der Waals surface area (Å²) in [5.74, 6) is 0.819. The number of aliphatic hydroxyl groups excluding tert-OH is 1. The molecule has 0 aliphatic rings. The van der Waals surface area contributed by atoms with Crippen molar-refractivity contribution >= 4 is 0 Å². The number of hydrogen-bond donors (Lipinski definition) is 1. The van der Waals surface area contributed by atoms with Gasteiger partial charge < -0.3 is 9.84 Å². The van der Waals surface area contributed by atoms with Crippen molar-refractivity contribution in [3.63, 3.8) is 0 Å². The third kappa shape index (κ3) is 3.12. The number of ether oxygens (including phenoxy) is 1. The van der Waals surface area contributed by atoms with Crippen LogP contribution in [0.5, 0.6) is 11.5 Å². The molecule has 1 atom stereocenters. The highest BCUT2D eigenvalue weighted by Crippen LogP contribution is 2.32. The van der Waals surface area contributed by atoms with E-state index in [0.29, 0.717) is 22.6 Å². The van der Waals surface area contributed by atoms with E-state index in [1.165, 1.54) is 6.07 Å². The molecule has 0 aliphatic heterocycles. The van der Waals surface area contributed by atoms with E-state index < -0.39 is 6.10 Å². The van der Waals surface area contributed by atoms with Gasteiger partial charge in [-0.2, -0.15) is 0 Å². The topological polar surface area (TPSA) is 29.5 Å². The Morgan fingerprint density at radius 2 is 1.89 bits per heavy atom. The number of aryl methyl sites for hydroxylation is 2. The number of halogens is 1. The van der Waals surface area contributed by atoms with Gasteiger partial charge in [0, 0.05) is 5.56 Å². The molecule has 0 spiro atoms. The highest BCUT2D eigenvalue weighted by atomic mass is 19.1. The highest BCUT2D eigenvalue weighted by Gasteiger charge is 2.13. The van der Waals surface area contributed by atoms with Crippen molar-refractivity contribution in [2.45, 2.75) is 26.9 Å². The van der Waals surface area contributed by atoms with E-state index in [-0.39, 0.29) is 5.82 Å². The van der Waals surface area contributed by atoms with Crippen LogP contribution in [0.2, 0.25) is 0 Å². The lowest BCUT2D eigenvalue weighted by atomic mass is 10.1. The maximum Gasteiger partial charge on any atom is 0.133 e. The van der Waals surface area contributed by atoms with Crippen LogP contribution in [-0.4, -0.2) is 5.11 Å². The molecular weight excluding hydrogens is 243 g/mol. The van der Waals surface area contributed by atoms with Gasteiger partial charge in [-0.05, 0) is 56.2 Å². The molecule has 100 valence electrons. The van der Waals surface area contributed by atoms with E-state index in [4.69, 9.17) is 4.74 Å². The first-order chi connectivity index (χ1) is 8.97. The van der Waals surface area contributed by atoms with Crippen LogP contribution >= 0.6 is 0 Å². The van der Waals surface area contributed by atoms with Gasteiger partial charge in [-0.25, -0.2) is 4.39 Å². The first-order valence-corrected chi connectivity index (χ1v) is 6.20. The van der Waals surface area contributed by atoms with Crippen molar-refractivity contribution in [3.8, 4) is 11.5 Å². The van der Waals surface area contributed by atoms with E-state index in [1.807, 2.05) is 31.2 Å². The molecule has 0 bridgehead atoms. The summed E-state index contributed by atoms with van der Waals surface area (Å²) < 4.78 is 19.3. The first kappa shape index (κ1) is 13.6. The Kier molecular flexibility index (Phi) is 3.86. The van der Waals surface area contributed by atoms with Crippen LogP contribution in [0.3, 0.4) is 0 Å². The predicted molar refractivity (Wildman–Crippen MR) is 73.0 cm³/mol. The fourth-order valence-electron chi connectivity index (χ4n) is 1.89. The van der Waals surface area contributed by atoms with E-state index in [0.717, 1.165) is 5.56 Å². The molecule has 3 heteroatoms. The largest absolute Gasteiger partial charge is 0.457 e. The van der Waals surface area contributed by atoms with Crippen LogP contribution < -0.4 is 4.74 Å². The molecule has 0 amide bonds. The number of hydrogen-bond acceptors (Lipinski definition) is 2. The lowest BCUT2D eigenvalue weighted by Crippen LogP contribution is -1.99. The highest BCUT2D eigenvalue weighted by molar-refractivity contribution is 5.42. The van der Waals surface area contributed by atoms with Crippen molar-refractivity contribution < 1.29 is 14.2 Å². The average molecular weight is 260 g/mol. The van der Waals surface area contributed by atoms with Crippen molar-refractivity contribution in [2.24, 2.45) is 0 Å². The zero-order valence-corrected chi connectivity index (χ0v) is 11.3. The quantitative estimate of drug-likeness (QED) is 0.892. The van der Waals surface area contributed by atoms with Gasteiger partial charge in [0.25, 0.3) is 0 Å². The Labute approximate surface area is 112 Å². The van der Waals surface area contributed by atoms with Crippen LogP contribution in [0.15, 0.2) is 36.4 Å². The van der Waals surface area contributed by atoms with Crippen molar-refractivity contribution in [1.29, 1.82) is 0 Å². The van der Waals surface area contributed by atoms with Crippen LogP contribution in [0, 0.1) is 19.7 Å². The Bertz CT molecular complexity index is 591. The third-order valence-electron chi connectivity index (χ3n) is 2.96. The third-order valence-corrected chi connectivity index (χ3v) is 2.96. The molecule has 0 radical (unpaired) electrons. The minimum Gasteiger partial charge on any atom is -0.457 e. The zero-order valence-electron chi connectivity index (χ0n) is 11.3. The maximum atomic E-state index is 13.6. The molecule has 0 fully saturated rings. The van der Waals surface area contributed by atoms with Crippen LogP contribution in [0.4, 0.5) is 4.39 Å². The van der Waals surface area contributed by atoms with E-state index in [9.17, 15) is 9.50 Å². The summed E-state index contributed by atoms with van der Waals surface area (Å²) in [5, 5.41) is 9.71. The molecule has 2 aromatic rings. The normalized spacial score (nSPS) is 12.3. The summed E-state index contributed by atoms with van der Waals surface area (Å²) >= 11 is 0. The second-order valence-corrected chi connectivity index (χ2v) is 4.73. The molecule has 0 saturated heterocycles. The first-order valence-electron chi connectivity index (χ1n) is 6.20. The van der Waals surface area contributed by atoms with Crippen molar-refractivity contribution in [3.05, 3.63) is 58.9 Å². The van der Waals surface area contributed by atoms with Gasteiger partial charge in [-0.3, -0.25) is 0 Å². The van der Waals surface area contributed by atoms with Gasteiger partial charge in [0.2, 0.25) is 0 Å². The van der Waals surface area contributed by atoms with Crippen molar-refractivity contribution in [1.82, 2.24) is 0 Å². The molecule has 2 aromatic carbocycles. The minimum atomic E-state index is -0.782. The van der Waals surface area contributed by atoms with Gasteiger partial charge in [-0.1, -0.05) is 12.1 Å². The summed E-state index contributed by atoms with van der Waals surface area (Å²) in [6.07, 6.45) is -0.782. The maximum absolute atomic E-state index is 13.6. The molecular formula is C16H17FO2. The van der Waals surface area contributed by atoms with E-state index in [1.54, 1.807) is 19.9 Å². The van der Waals surface area contributed by atoms with E-state index >= 15 is 0 Å². The Balaban J connectivity index is 2.41. The van der Waals surface area contributed by atoms with Gasteiger partial charge >= 0.3 is 0 Å². The molecule has 0 unspecified atom stereocenters.